The van der Waals surface area contributed by atoms with E-state index in [0.29, 0.717) is 26.4 Å². The van der Waals surface area contributed by atoms with E-state index in [1.165, 1.54) is 41.7 Å². The predicted molar refractivity (Wildman–Crippen MR) is 92.3 cm³/mol. The quantitative estimate of drug-likeness (QED) is 0.708. The van der Waals surface area contributed by atoms with E-state index < -0.39 is 0 Å². The van der Waals surface area contributed by atoms with Crippen LogP contribution in [0.3, 0.4) is 0 Å². The minimum Gasteiger partial charge on any atom is -0.297 e. The maximum atomic E-state index is 13.0. The molecule has 1 aromatic carbocycles. The monoisotopic (exact) mass is 361 g/mol. The molecule has 2 heterocycles. The minimum absolute atomic E-state index is 0.153. The summed E-state index contributed by atoms with van der Waals surface area (Å²) in [7, 11) is 0. The molecule has 2 aromatic heterocycles. The summed E-state index contributed by atoms with van der Waals surface area (Å²) >= 11 is 2.41. The molecule has 3 rings (SSSR count). The number of halogens is 1. The van der Waals surface area contributed by atoms with Crippen molar-refractivity contribution in [1.29, 1.82) is 0 Å². The Morgan fingerprint density at radius 3 is 2.50 bits per heavy atom. The number of carbonyl (C=O) groups is 2. The number of nitrogens with zero attached hydrogens (tertiary/aromatic N) is 2. The first kappa shape index (κ1) is 16.4. The Hall–Kier alpha value is -2.45. The van der Waals surface area contributed by atoms with Crippen molar-refractivity contribution in [3.63, 3.8) is 0 Å². The standard InChI is InChI=1S/C16H12FN3O2S2/c1-8-13(14(22)20-16-19-12(7-23-16)9(2)21)24-15(18-8)10-3-5-11(17)6-4-10/h3-7H,1-2H3,(H,19,20,22). The first-order valence-electron chi connectivity index (χ1n) is 6.95. The van der Waals surface area contributed by atoms with Crippen molar-refractivity contribution in [3.05, 3.63) is 51.7 Å². The minimum atomic E-state index is -0.331. The molecular weight excluding hydrogens is 349 g/mol. The Bertz CT molecular complexity index is 916. The van der Waals surface area contributed by atoms with Crippen molar-refractivity contribution in [2.24, 2.45) is 0 Å². The Morgan fingerprint density at radius 2 is 1.88 bits per heavy atom. The maximum Gasteiger partial charge on any atom is 0.269 e. The number of anilines is 1. The van der Waals surface area contributed by atoms with Gasteiger partial charge in [-0.3, -0.25) is 14.9 Å². The first-order valence-corrected chi connectivity index (χ1v) is 8.65. The third-order valence-corrected chi connectivity index (χ3v) is 5.14. The zero-order chi connectivity index (χ0) is 17.3. The molecular formula is C16H12FN3O2S2. The second-order valence-electron chi connectivity index (χ2n) is 4.99. The fraction of sp³-hybridized carbons (Fsp3) is 0.125. The average molecular weight is 361 g/mol. The number of nitrogens with one attached hydrogen (secondary N) is 1. The number of Topliss-reactive ketones (excluding diaryl/α,β-unsaturated/α-hetero) is 1. The van der Waals surface area contributed by atoms with E-state index in [-0.39, 0.29) is 17.5 Å². The highest BCUT2D eigenvalue weighted by Gasteiger charge is 2.18. The van der Waals surface area contributed by atoms with E-state index in [1.807, 2.05) is 0 Å². The van der Waals surface area contributed by atoms with Gasteiger partial charge in [0.15, 0.2) is 10.9 Å². The van der Waals surface area contributed by atoms with E-state index in [9.17, 15) is 14.0 Å². The highest BCUT2D eigenvalue weighted by atomic mass is 32.1. The van der Waals surface area contributed by atoms with Gasteiger partial charge in [-0.1, -0.05) is 0 Å². The lowest BCUT2D eigenvalue weighted by molar-refractivity contribution is 0.100. The maximum absolute atomic E-state index is 13.0. The number of aromatic nitrogens is 2. The SMILES string of the molecule is CC(=O)c1csc(NC(=O)c2sc(-c3ccc(F)cc3)nc2C)n1. The van der Waals surface area contributed by atoms with Crippen molar-refractivity contribution in [3.8, 4) is 10.6 Å². The fourth-order valence-corrected chi connectivity index (χ4v) is 3.68. The van der Waals surface area contributed by atoms with Crippen LogP contribution in [0.2, 0.25) is 0 Å². The Labute approximate surface area is 145 Å². The lowest BCUT2D eigenvalue weighted by atomic mass is 10.2. The Kier molecular flexibility index (Phi) is 4.50. The third kappa shape index (κ3) is 3.39. The number of carbonyl (C=O) groups excluding carboxylic acids is 2. The van der Waals surface area contributed by atoms with Gasteiger partial charge in [0.1, 0.15) is 21.4 Å². The summed E-state index contributed by atoms with van der Waals surface area (Å²) < 4.78 is 13.0. The Balaban J connectivity index is 1.82. The summed E-state index contributed by atoms with van der Waals surface area (Å²) in [6, 6.07) is 5.94. The zero-order valence-electron chi connectivity index (χ0n) is 12.8. The lowest BCUT2D eigenvalue weighted by Crippen LogP contribution is -2.11. The molecule has 1 amide bonds. The summed E-state index contributed by atoms with van der Waals surface area (Å²) in [5.74, 6) is -0.808. The van der Waals surface area contributed by atoms with E-state index in [2.05, 4.69) is 15.3 Å². The molecule has 0 fully saturated rings. The van der Waals surface area contributed by atoms with Gasteiger partial charge >= 0.3 is 0 Å². The van der Waals surface area contributed by atoms with E-state index in [0.717, 1.165) is 5.56 Å². The van der Waals surface area contributed by atoms with Gasteiger partial charge in [-0.15, -0.1) is 22.7 Å². The summed E-state index contributed by atoms with van der Waals surface area (Å²) in [6.45, 7) is 3.16. The van der Waals surface area contributed by atoms with Gasteiger partial charge in [-0.25, -0.2) is 14.4 Å². The van der Waals surface area contributed by atoms with Gasteiger partial charge in [0.05, 0.1) is 5.69 Å². The lowest BCUT2D eigenvalue weighted by Gasteiger charge is -1.98. The van der Waals surface area contributed by atoms with Crippen LogP contribution in [0.25, 0.3) is 10.6 Å². The van der Waals surface area contributed by atoms with Gasteiger partial charge in [0.25, 0.3) is 5.91 Å². The smallest absolute Gasteiger partial charge is 0.269 e. The van der Waals surface area contributed by atoms with Crippen molar-refractivity contribution in [2.45, 2.75) is 13.8 Å². The van der Waals surface area contributed by atoms with Crippen LogP contribution in [-0.4, -0.2) is 21.7 Å². The summed E-state index contributed by atoms with van der Waals surface area (Å²) in [6.07, 6.45) is 0. The Morgan fingerprint density at radius 1 is 1.17 bits per heavy atom. The topological polar surface area (TPSA) is 72.0 Å². The number of hydrogen-bond donors (Lipinski definition) is 1. The van der Waals surface area contributed by atoms with Crippen molar-refractivity contribution >= 4 is 39.5 Å². The second-order valence-corrected chi connectivity index (χ2v) is 6.85. The van der Waals surface area contributed by atoms with Gasteiger partial charge in [0.2, 0.25) is 0 Å². The highest BCUT2D eigenvalue weighted by Crippen LogP contribution is 2.29. The van der Waals surface area contributed by atoms with Crippen LogP contribution >= 0.6 is 22.7 Å². The first-order chi connectivity index (χ1) is 11.4. The zero-order valence-corrected chi connectivity index (χ0v) is 14.4. The van der Waals surface area contributed by atoms with Crippen LogP contribution < -0.4 is 5.32 Å². The van der Waals surface area contributed by atoms with Gasteiger partial charge in [-0.05, 0) is 31.2 Å². The van der Waals surface area contributed by atoms with E-state index in [4.69, 9.17) is 0 Å². The second kappa shape index (κ2) is 6.58. The van der Waals surface area contributed by atoms with Crippen LogP contribution in [0.15, 0.2) is 29.6 Å². The normalized spacial score (nSPS) is 10.6. The number of amides is 1. The van der Waals surface area contributed by atoms with Crippen LogP contribution in [0.4, 0.5) is 9.52 Å². The van der Waals surface area contributed by atoms with Crippen LogP contribution in [-0.2, 0) is 0 Å². The number of hydrogen-bond acceptors (Lipinski definition) is 6. The van der Waals surface area contributed by atoms with Crippen molar-refractivity contribution in [2.75, 3.05) is 5.32 Å². The van der Waals surface area contributed by atoms with Crippen LogP contribution in [0.1, 0.15) is 32.8 Å². The molecule has 0 aliphatic heterocycles. The van der Waals surface area contributed by atoms with Crippen molar-refractivity contribution in [1.82, 2.24) is 9.97 Å². The molecule has 8 heteroatoms. The number of aryl methyl sites for hydroxylation is 1. The van der Waals surface area contributed by atoms with Gasteiger partial charge < -0.3 is 0 Å². The summed E-state index contributed by atoms with van der Waals surface area (Å²) in [5, 5.41) is 5.28. The number of thiazole rings is 2. The molecule has 0 aliphatic rings. The van der Waals surface area contributed by atoms with Gasteiger partial charge in [-0.2, -0.15) is 0 Å². The molecule has 3 aromatic rings. The van der Waals surface area contributed by atoms with Crippen LogP contribution in [0.5, 0.6) is 0 Å². The molecule has 0 saturated heterocycles. The summed E-state index contributed by atoms with van der Waals surface area (Å²) in [4.78, 5) is 32.5. The summed E-state index contributed by atoms with van der Waals surface area (Å²) in [5.41, 5.74) is 1.65. The highest BCUT2D eigenvalue weighted by molar-refractivity contribution is 7.17. The largest absolute Gasteiger partial charge is 0.297 e. The van der Waals surface area contributed by atoms with Crippen LogP contribution in [0, 0.1) is 12.7 Å². The van der Waals surface area contributed by atoms with Crippen molar-refractivity contribution < 1.29 is 14.0 Å². The molecule has 0 saturated carbocycles. The van der Waals surface area contributed by atoms with E-state index in [1.54, 1.807) is 24.4 Å². The predicted octanol–water partition coefficient (Wildman–Crippen LogP) is 4.17. The third-order valence-electron chi connectivity index (χ3n) is 3.18. The van der Waals surface area contributed by atoms with E-state index >= 15 is 0 Å². The molecule has 0 aliphatic carbocycles. The van der Waals surface area contributed by atoms with Gasteiger partial charge in [0, 0.05) is 17.9 Å². The molecule has 122 valence electrons. The number of ketones is 1. The molecule has 0 spiro atoms. The molecule has 0 radical (unpaired) electrons. The number of benzene rings is 1. The molecule has 24 heavy (non-hydrogen) atoms. The molecule has 0 bridgehead atoms. The molecule has 0 atom stereocenters. The molecule has 0 unspecified atom stereocenters. The molecule has 5 nitrogen and oxygen atoms in total. The average Bonchev–Trinajstić information content (AvgIpc) is 3.15. The fourth-order valence-electron chi connectivity index (χ4n) is 1.97. The number of rotatable bonds is 4. The molecule has 1 N–H and O–H groups in total.